The van der Waals surface area contributed by atoms with Crippen molar-refractivity contribution >= 4 is 5.82 Å². The Morgan fingerprint density at radius 1 is 1.56 bits per heavy atom. The number of nitrogens with zero attached hydrogens (tertiary/aromatic N) is 3. The third-order valence-corrected chi connectivity index (χ3v) is 3.14. The molecule has 1 atom stereocenters. The SMILES string of the molecule is CCc1ncnc(N2CCOCC2CCO)c1F. The van der Waals surface area contributed by atoms with E-state index in [0.717, 1.165) is 0 Å². The van der Waals surface area contributed by atoms with E-state index in [9.17, 15) is 4.39 Å². The molecule has 1 aromatic heterocycles. The van der Waals surface area contributed by atoms with Crippen LogP contribution in [0.2, 0.25) is 0 Å². The highest BCUT2D eigenvalue weighted by molar-refractivity contribution is 5.42. The summed E-state index contributed by atoms with van der Waals surface area (Å²) in [5, 5.41) is 9.04. The average Bonchev–Trinajstić information content (AvgIpc) is 2.40. The molecule has 0 aliphatic carbocycles. The van der Waals surface area contributed by atoms with Crippen molar-refractivity contribution in [1.29, 1.82) is 0 Å². The molecule has 6 heteroatoms. The molecule has 0 saturated carbocycles. The van der Waals surface area contributed by atoms with E-state index in [1.165, 1.54) is 6.33 Å². The summed E-state index contributed by atoms with van der Waals surface area (Å²) in [4.78, 5) is 9.85. The fraction of sp³-hybridized carbons (Fsp3) is 0.667. The van der Waals surface area contributed by atoms with Crippen LogP contribution in [0.25, 0.3) is 0 Å². The van der Waals surface area contributed by atoms with Crippen LogP contribution in [0, 0.1) is 5.82 Å². The van der Waals surface area contributed by atoms with Crippen molar-refractivity contribution in [1.82, 2.24) is 9.97 Å². The summed E-state index contributed by atoms with van der Waals surface area (Å²) < 4.78 is 19.6. The Balaban J connectivity index is 2.27. The topological polar surface area (TPSA) is 58.5 Å². The zero-order valence-corrected chi connectivity index (χ0v) is 10.5. The standard InChI is InChI=1S/C12H18FN3O2/c1-2-10-11(13)12(15-8-14-10)16-4-6-18-7-9(16)3-5-17/h8-9,17H,2-7H2,1H3. The van der Waals surface area contributed by atoms with Crippen molar-refractivity contribution < 1.29 is 14.2 Å². The van der Waals surface area contributed by atoms with Crippen molar-refractivity contribution in [3.05, 3.63) is 17.8 Å². The number of aryl methyl sites for hydroxylation is 1. The third-order valence-electron chi connectivity index (χ3n) is 3.14. The molecule has 0 amide bonds. The predicted octanol–water partition coefficient (Wildman–Crippen LogP) is 0.766. The maximum absolute atomic E-state index is 14.2. The van der Waals surface area contributed by atoms with Gasteiger partial charge in [0, 0.05) is 13.2 Å². The first-order valence-electron chi connectivity index (χ1n) is 6.22. The summed E-state index contributed by atoms with van der Waals surface area (Å²) in [5.41, 5.74) is 0.425. The van der Waals surface area contributed by atoms with E-state index in [1.807, 2.05) is 11.8 Å². The van der Waals surface area contributed by atoms with E-state index < -0.39 is 0 Å². The number of hydrogen-bond acceptors (Lipinski definition) is 5. The molecule has 2 rings (SSSR count). The third kappa shape index (κ3) is 2.59. The minimum absolute atomic E-state index is 0.0298. The minimum Gasteiger partial charge on any atom is -0.396 e. The molecule has 1 aliphatic rings. The van der Waals surface area contributed by atoms with E-state index >= 15 is 0 Å². The van der Waals surface area contributed by atoms with Gasteiger partial charge < -0.3 is 14.7 Å². The summed E-state index contributed by atoms with van der Waals surface area (Å²) in [7, 11) is 0. The molecular weight excluding hydrogens is 237 g/mol. The van der Waals surface area contributed by atoms with Gasteiger partial charge in [-0.25, -0.2) is 14.4 Å². The Morgan fingerprint density at radius 2 is 2.39 bits per heavy atom. The van der Waals surface area contributed by atoms with E-state index in [0.29, 0.717) is 44.1 Å². The van der Waals surface area contributed by atoms with Crippen LogP contribution < -0.4 is 4.90 Å². The average molecular weight is 255 g/mol. The highest BCUT2D eigenvalue weighted by Gasteiger charge is 2.27. The largest absolute Gasteiger partial charge is 0.396 e. The van der Waals surface area contributed by atoms with E-state index in [1.54, 1.807) is 0 Å². The molecule has 0 spiro atoms. The van der Waals surface area contributed by atoms with Gasteiger partial charge >= 0.3 is 0 Å². The van der Waals surface area contributed by atoms with Crippen molar-refractivity contribution in [3.63, 3.8) is 0 Å². The Bertz CT molecular complexity index is 401. The second-order valence-corrected chi connectivity index (χ2v) is 4.25. The number of hydrogen-bond donors (Lipinski definition) is 1. The highest BCUT2D eigenvalue weighted by Crippen LogP contribution is 2.23. The number of anilines is 1. The molecule has 1 aliphatic heterocycles. The van der Waals surface area contributed by atoms with Gasteiger partial charge in [0.2, 0.25) is 0 Å². The lowest BCUT2D eigenvalue weighted by atomic mass is 10.1. The molecule has 5 nitrogen and oxygen atoms in total. The molecule has 1 unspecified atom stereocenters. The maximum atomic E-state index is 14.2. The molecule has 1 fully saturated rings. The normalized spacial score (nSPS) is 20.2. The van der Waals surface area contributed by atoms with Gasteiger partial charge in [0.1, 0.15) is 6.33 Å². The number of aliphatic hydroxyl groups excluding tert-OH is 1. The second-order valence-electron chi connectivity index (χ2n) is 4.25. The van der Waals surface area contributed by atoms with Gasteiger partial charge in [-0.2, -0.15) is 0 Å². The zero-order valence-electron chi connectivity index (χ0n) is 10.5. The van der Waals surface area contributed by atoms with Crippen LogP contribution in [0.3, 0.4) is 0 Å². The number of aromatic nitrogens is 2. The molecule has 1 saturated heterocycles. The molecule has 0 aromatic carbocycles. The predicted molar refractivity (Wildman–Crippen MR) is 65.0 cm³/mol. The van der Waals surface area contributed by atoms with E-state index in [-0.39, 0.29) is 18.5 Å². The quantitative estimate of drug-likeness (QED) is 0.861. The number of rotatable bonds is 4. The fourth-order valence-corrected chi connectivity index (χ4v) is 2.16. The number of aliphatic hydroxyl groups is 1. The molecule has 100 valence electrons. The molecule has 18 heavy (non-hydrogen) atoms. The van der Waals surface area contributed by atoms with Gasteiger partial charge in [-0.15, -0.1) is 0 Å². The molecule has 0 radical (unpaired) electrons. The molecule has 0 bridgehead atoms. The highest BCUT2D eigenvalue weighted by atomic mass is 19.1. The lowest BCUT2D eigenvalue weighted by molar-refractivity contribution is 0.0841. The smallest absolute Gasteiger partial charge is 0.187 e. The van der Waals surface area contributed by atoms with Gasteiger partial charge in [0.15, 0.2) is 11.6 Å². The summed E-state index contributed by atoms with van der Waals surface area (Å²) in [6.45, 7) is 3.54. The monoisotopic (exact) mass is 255 g/mol. The summed E-state index contributed by atoms with van der Waals surface area (Å²) in [5.74, 6) is -0.0339. The first-order valence-corrected chi connectivity index (χ1v) is 6.22. The molecule has 2 heterocycles. The molecular formula is C12H18FN3O2. The Morgan fingerprint density at radius 3 is 3.11 bits per heavy atom. The first-order chi connectivity index (χ1) is 8.77. The number of halogens is 1. The Hall–Kier alpha value is -1.27. The lowest BCUT2D eigenvalue weighted by Gasteiger charge is -2.36. The van der Waals surface area contributed by atoms with Gasteiger partial charge in [-0.05, 0) is 12.8 Å². The van der Waals surface area contributed by atoms with Crippen molar-refractivity contribution in [2.75, 3.05) is 31.3 Å². The Labute approximate surface area is 106 Å². The van der Waals surface area contributed by atoms with E-state index in [4.69, 9.17) is 9.84 Å². The molecule has 1 aromatic rings. The van der Waals surface area contributed by atoms with Gasteiger partial charge in [-0.1, -0.05) is 6.92 Å². The number of morpholine rings is 1. The van der Waals surface area contributed by atoms with Gasteiger partial charge in [0.25, 0.3) is 0 Å². The summed E-state index contributed by atoms with van der Waals surface area (Å²) >= 11 is 0. The minimum atomic E-state index is -0.357. The summed E-state index contributed by atoms with van der Waals surface area (Å²) in [6, 6.07) is -0.0298. The summed E-state index contributed by atoms with van der Waals surface area (Å²) in [6.07, 6.45) is 2.48. The van der Waals surface area contributed by atoms with Gasteiger partial charge in [0.05, 0.1) is 24.9 Å². The van der Waals surface area contributed by atoms with Crippen LogP contribution in [-0.4, -0.2) is 47.5 Å². The van der Waals surface area contributed by atoms with Crippen molar-refractivity contribution in [2.45, 2.75) is 25.8 Å². The van der Waals surface area contributed by atoms with Crippen molar-refractivity contribution in [2.24, 2.45) is 0 Å². The lowest BCUT2D eigenvalue weighted by Crippen LogP contribution is -2.47. The Kier molecular flexibility index (Phi) is 4.43. The zero-order chi connectivity index (χ0) is 13.0. The van der Waals surface area contributed by atoms with Crippen LogP contribution in [0.5, 0.6) is 0 Å². The second kappa shape index (κ2) is 6.06. The van der Waals surface area contributed by atoms with Gasteiger partial charge in [-0.3, -0.25) is 0 Å². The van der Waals surface area contributed by atoms with Crippen LogP contribution in [-0.2, 0) is 11.2 Å². The van der Waals surface area contributed by atoms with Crippen LogP contribution in [0.1, 0.15) is 19.0 Å². The van der Waals surface area contributed by atoms with E-state index in [2.05, 4.69) is 9.97 Å². The van der Waals surface area contributed by atoms with Crippen LogP contribution in [0.4, 0.5) is 10.2 Å². The van der Waals surface area contributed by atoms with Crippen LogP contribution in [0.15, 0.2) is 6.33 Å². The first kappa shape index (κ1) is 13.2. The number of ether oxygens (including phenoxy) is 1. The maximum Gasteiger partial charge on any atom is 0.187 e. The van der Waals surface area contributed by atoms with Crippen LogP contribution >= 0.6 is 0 Å². The fourth-order valence-electron chi connectivity index (χ4n) is 2.16. The molecule has 1 N–H and O–H groups in total. The van der Waals surface area contributed by atoms with Crippen molar-refractivity contribution in [3.8, 4) is 0 Å².